The van der Waals surface area contributed by atoms with E-state index >= 15 is 0 Å². The standard InChI is InChI=1S/C20H27F3N2O3/c1-27-12-16-9-14(11-24-16)17-4-3-15(20(21,22)23)10-18(17)25-7-5-13(6-8-25)19(26)28-2/h3-4,10,13-14,16,24H,5-9,11-12H2,1-2H3. The largest absolute Gasteiger partial charge is 0.469 e. The molecule has 1 N–H and O–H groups in total. The molecule has 0 aliphatic carbocycles. The van der Waals surface area contributed by atoms with Crippen LogP contribution in [-0.4, -0.2) is 52.5 Å². The highest BCUT2D eigenvalue weighted by Crippen LogP contribution is 2.39. The number of benzene rings is 1. The second-order valence-corrected chi connectivity index (χ2v) is 7.55. The molecule has 2 saturated heterocycles. The average Bonchev–Trinajstić information content (AvgIpc) is 3.15. The Morgan fingerprint density at radius 1 is 1.25 bits per heavy atom. The smallest absolute Gasteiger partial charge is 0.416 e. The van der Waals surface area contributed by atoms with Gasteiger partial charge in [-0.1, -0.05) is 6.07 Å². The van der Waals surface area contributed by atoms with E-state index in [9.17, 15) is 18.0 Å². The highest BCUT2D eigenvalue weighted by molar-refractivity contribution is 5.73. The number of nitrogens with zero attached hydrogens (tertiary/aromatic N) is 1. The van der Waals surface area contributed by atoms with E-state index in [1.54, 1.807) is 13.2 Å². The molecule has 2 unspecified atom stereocenters. The van der Waals surface area contributed by atoms with Crippen molar-refractivity contribution in [2.24, 2.45) is 5.92 Å². The van der Waals surface area contributed by atoms with Crippen molar-refractivity contribution in [2.75, 3.05) is 45.4 Å². The summed E-state index contributed by atoms with van der Waals surface area (Å²) in [5.74, 6) is -0.295. The van der Waals surface area contributed by atoms with Crippen LogP contribution < -0.4 is 10.2 Å². The fraction of sp³-hybridized carbons (Fsp3) is 0.650. The van der Waals surface area contributed by atoms with E-state index in [0.29, 0.717) is 44.8 Å². The zero-order valence-corrected chi connectivity index (χ0v) is 16.2. The van der Waals surface area contributed by atoms with Crippen LogP contribution in [-0.2, 0) is 20.4 Å². The quantitative estimate of drug-likeness (QED) is 0.770. The van der Waals surface area contributed by atoms with Gasteiger partial charge in [-0.25, -0.2) is 0 Å². The van der Waals surface area contributed by atoms with Crippen molar-refractivity contribution >= 4 is 11.7 Å². The number of hydrogen-bond acceptors (Lipinski definition) is 5. The molecular weight excluding hydrogens is 373 g/mol. The Bertz CT molecular complexity index is 688. The number of halogens is 3. The first-order chi connectivity index (χ1) is 13.3. The van der Waals surface area contributed by atoms with Crippen molar-refractivity contribution in [1.82, 2.24) is 5.32 Å². The van der Waals surface area contributed by atoms with Gasteiger partial charge in [0, 0.05) is 38.5 Å². The summed E-state index contributed by atoms with van der Waals surface area (Å²) in [6, 6.07) is 4.25. The summed E-state index contributed by atoms with van der Waals surface area (Å²) < 4.78 is 49.9. The first-order valence-corrected chi connectivity index (χ1v) is 9.59. The topological polar surface area (TPSA) is 50.8 Å². The van der Waals surface area contributed by atoms with Gasteiger partial charge in [-0.15, -0.1) is 0 Å². The van der Waals surface area contributed by atoms with Gasteiger partial charge in [0.15, 0.2) is 0 Å². The Kier molecular flexibility index (Phi) is 6.50. The van der Waals surface area contributed by atoms with Crippen LogP contribution in [0.4, 0.5) is 18.9 Å². The van der Waals surface area contributed by atoms with Crippen LogP contribution in [0.3, 0.4) is 0 Å². The molecule has 28 heavy (non-hydrogen) atoms. The number of esters is 1. The molecule has 0 aromatic heterocycles. The number of carbonyl (C=O) groups is 1. The Morgan fingerprint density at radius 2 is 1.96 bits per heavy atom. The van der Waals surface area contributed by atoms with E-state index in [1.807, 2.05) is 4.90 Å². The molecule has 2 atom stereocenters. The minimum Gasteiger partial charge on any atom is -0.469 e. The molecule has 0 radical (unpaired) electrons. The van der Waals surface area contributed by atoms with Crippen molar-refractivity contribution in [1.29, 1.82) is 0 Å². The Balaban J connectivity index is 1.84. The molecule has 5 nitrogen and oxygen atoms in total. The van der Waals surface area contributed by atoms with Crippen molar-refractivity contribution in [2.45, 2.75) is 37.4 Å². The van der Waals surface area contributed by atoms with Crippen LogP contribution in [0.2, 0.25) is 0 Å². The van der Waals surface area contributed by atoms with E-state index in [0.717, 1.165) is 12.0 Å². The lowest BCUT2D eigenvalue weighted by atomic mass is 9.91. The Morgan fingerprint density at radius 3 is 2.57 bits per heavy atom. The summed E-state index contributed by atoms with van der Waals surface area (Å²) in [7, 11) is 3.01. The van der Waals surface area contributed by atoms with E-state index < -0.39 is 11.7 Å². The maximum Gasteiger partial charge on any atom is 0.416 e. The molecule has 1 aromatic rings. The van der Waals surface area contributed by atoms with E-state index in [-0.39, 0.29) is 23.8 Å². The minimum atomic E-state index is -4.38. The zero-order valence-electron chi connectivity index (χ0n) is 16.2. The fourth-order valence-corrected chi connectivity index (χ4v) is 4.25. The predicted octanol–water partition coefficient (Wildman–Crippen LogP) is 3.19. The van der Waals surface area contributed by atoms with Gasteiger partial charge in [0.2, 0.25) is 0 Å². The second kappa shape index (κ2) is 8.69. The van der Waals surface area contributed by atoms with Crippen LogP contribution in [0, 0.1) is 5.92 Å². The fourth-order valence-electron chi connectivity index (χ4n) is 4.25. The van der Waals surface area contributed by atoms with Crippen molar-refractivity contribution < 1.29 is 27.4 Å². The number of anilines is 1. The van der Waals surface area contributed by atoms with Crippen molar-refractivity contribution in [3.05, 3.63) is 29.3 Å². The number of ether oxygens (including phenoxy) is 2. The van der Waals surface area contributed by atoms with E-state index in [4.69, 9.17) is 9.47 Å². The lowest BCUT2D eigenvalue weighted by Crippen LogP contribution is -2.37. The number of carbonyl (C=O) groups excluding carboxylic acids is 1. The summed E-state index contributed by atoms with van der Waals surface area (Å²) in [5.41, 5.74) is 0.916. The number of piperidine rings is 1. The molecular formula is C20H27F3N2O3. The maximum atomic E-state index is 13.3. The lowest BCUT2D eigenvalue weighted by Gasteiger charge is -2.35. The molecule has 2 heterocycles. The van der Waals surface area contributed by atoms with E-state index in [2.05, 4.69) is 5.32 Å². The van der Waals surface area contributed by atoms with Crippen molar-refractivity contribution in [3.8, 4) is 0 Å². The van der Waals surface area contributed by atoms with Gasteiger partial charge < -0.3 is 19.7 Å². The molecule has 2 aliphatic rings. The molecule has 2 aliphatic heterocycles. The number of hydrogen-bond donors (Lipinski definition) is 1. The predicted molar refractivity (Wildman–Crippen MR) is 99.4 cm³/mol. The molecule has 0 bridgehead atoms. The van der Waals surface area contributed by atoms with Gasteiger partial charge in [-0.05, 0) is 42.9 Å². The van der Waals surface area contributed by atoms with Crippen LogP contribution in [0.1, 0.15) is 36.3 Å². The van der Waals surface area contributed by atoms with Gasteiger partial charge in [0.1, 0.15) is 0 Å². The molecule has 2 fully saturated rings. The lowest BCUT2D eigenvalue weighted by molar-refractivity contribution is -0.146. The highest BCUT2D eigenvalue weighted by Gasteiger charge is 2.35. The van der Waals surface area contributed by atoms with Crippen LogP contribution >= 0.6 is 0 Å². The SMILES string of the molecule is COCC1CC(c2ccc(C(F)(F)F)cc2N2CCC(C(=O)OC)CC2)CN1. The van der Waals surface area contributed by atoms with Crippen LogP contribution in [0.5, 0.6) is 0 Å². The Labute approximate surface area is 163 Å². The summed E-state index contributed by atoms with van der Waals surface area (Å²) in [5, 5.41) is 3.38. The molecule has 0 saturated carbocycles. The average molecular weight is 400 g/mol. The Hall–Kier alpha value is -1.80. The number of methoxy groups -OCH3 is 2. The van der Waals surface area contributed by atoms with Gasteiger partial charge in [-0.3, -0.25) is 4.79 Å². The molecule has 1 aromatic carbocycles. The minimum absolute atomic E-state index is 0.135. The monoisotopic (exact) mass is 400 g/mol. The highest BCUT2D eigenvalue weighted by atomic mass is 19.4. The number of nitrogens with one attached hydrogen (secondary N) is 1. The first kappa shape index (κ1) is 20.9. The third-order valence-corrected chi connectivity index (χ3v) is 5.76. The summed E-state index contributed by atoms with van der Waals surface area (Å²) in [4.78, 5) is 13.7. The third-order valence-electron chi connectivity index (χ3n) is 5.76. The summed E-state index contributed by atoms with van der Waals surface area (Å²) in [6.07, 6.45) is -2.40. The molecule has 0 spiro atoms. The van der Waals surface area contributed by atoms with Gasteiger partial charge in [0.05, 0.1) is 25.2 Å². The van der Waals surface area contributed by atoms with Crippen LogP contribution in [0.15, 0.2) is 18.2 Å². The maximum absolute atomic E-state index is 13.3. The van der Waals surface area contributed by atoms with Crippen molar-refractivity contribution in [3.63, 3.8) is 0 Å². The van der Waals surface area contributed by atoms with Gasteiger partial charge >= 0.3 is 12.1 Å². The second-order valence-electron chi connectivity index (χ2n) is 7.55. The molecule has 0 amide bonds. The first-order valence-electron chi connectivity index (χ1n) is 9.59. The van der Waals surface area contributed by atoms with Gasteiger partial charge in [0.25, 0.3) is 0 Å². The molecule has 156 valence electrons. The number of rotatable bonds is 5. The van der Waals surface area contributed by atoms with Gasteiger partial charge in [-0.2, -0.15) is 13.2 Å². The summed E-state index contributed by atoms with van der Waals surface area (Å²) >= 11 is 0. The molecule has 8 heteroatoms. The normalized spacial score (nSPS) is 23.8. The summed E-state index contributed by atoms with van der Waals surface area (Å²) in [6.45, 7) is 2.37. The number of alkyl halides is 3. The van der Waals surface area contributed by atoms with E-state index in [1.165, 1.54) is 19.2 Å². The molecule has 3 rings (SSSR count). The third kappa shape index (κ3) is 4.60. The van der Waals surface area contributed by atoms with Crippen LogP contribution in [0.25, 0.3) is 0 Å². The zero-order chi connectivity index (χ0) is 20.3.